The smallest absolute Gasteiger partial charge is 0.255 e. The molecule has 2 N–H and O–H groups in total. The first kappa shape index (κ1) is 12.7. The van der Waals surface area contributed by atoms with Crippen molar-refractivity contribution in [1.29, 1.82) is 0 Å². The predicted octanol–water partition coefficient (Wildman–Crippen LogP) is 2.37. The first-order chi connectivity index (χ1) is 9.76. The molecule has 2 aromatic carbocycles. The van der Waals surface area contributed by atoms with E-state index in [9.17, 15) is 4.79 Å². The maximum atomic E-state index is 12.2. The van der Waals surface area contributed by atoms with Crippen LogP contribution >= 0.6 is 0 Å². The van der Waals surface area contributed by atoms with Crippen molar-refractivity contribution >= 4 is 11.6 Å². The van der Waals surface area contributed by atoms with Gasteiger partial charge in [-0.15, -0.1) is 0 Å². The average Bonchev–Trinajstić information content (AvgIpc) is 2.94. The van der Waals surface area contributed by atoms with Crippen LogP contribution in [0.5, 0.6) is 5.75 Å². The highest BCUT2D eigenvalue weighted by Gasteiger charge is 2.15. The fourth-order valence-corrected chi connectivity index (χ4v) is 2.28. The lowest BCUT2D eigenvalue weighted by Gasteiger charge is -2.07. The molecule has 0 aliphatic carbocycles. The highest BCUT2D eigenvalue weighted by atomic mass is 16.5. The lowest BCUT2D eigenvalue weighted by atomic mass is 10.1. The predicted molar refractivity (Wildman–Crippen MR) is 76.0 cm³/mol. The third-order valence-corrected chi connectivity index (χ3v) is 3.32. The molecule has 0 aromatic heterocycles. The summed E-state index contributed by atoms with van der Waals surface area (Å²) in [6.07, 6.45) is 0.844. The number of fused-ring (bicyclic) bond motifs is 1. The summed E-state index contributed by atoms with van der Waals surface area (Å²) in [4.78, 5) is 12.2. The fraction of sp³-hybridized carbons (Fsp3) is 0.188. The minimum Gasteiger partial charge on any atom is -0.493 e. The topological polar surface area (TPSA) is 58.6 Å². The van der Waals surface area contributed by atoms with Gasteiger partial charge in [-0.3, -0.25) is 4.79 Å². The van der Waals surface area contributed by atoms with Crippen molar-refractivity contribution in [3.05, 3.63) is 59.2 Å². The van der Waals surface area contributed by atoms with E-state index in [-0.39, 0.29) is 12.5 Å². The van der Waals surface area contributed by atoms with E-state index in [1.807, 2.05) is 18.2 Å². The summed E-state index contributed by atoms with van der Waals surface area (Å²) in [6, 6.07) is 12.6. The van der Waals surface area contributed by atoms with Gasteiger partial charge in [-0.05, 0) is 41.5 Å². The maximum Gasteiger partial charge on any atom is 0.255 e. The molecule has 0 spiro atoms. The second-order valence-corrected chi connectivity index (χ2v) is 4.73. The number of nitrogens with one attached hydrogen (secondary N) is 1. The Kier molecular flexibility index (Phi) is 3.39. The number of carbonyl (C=O) groups is 1. The van der Waals surface area contributed by atoms with Crippen molar-refractivity contribution in [3.8, 4) is 5.75 Å². The normalized spacial score (nSPS) is 12.7. The Morgan fingerprint density at radius 1 is 1.25 bits per heavy atom. The van der Waals surface area contributed by atoms with Gasteiger partial charge in [-0.25, -0.2) is 0 Å². The van der Waals surface area contributed by atoms with E-state index in [0.717, 1.165) is 23.3 Å². The molecule has 4 nitrogen and oxygen atoms in total. The Balaban J connectivity index is 1.79. The number of rotatable bonds is 3. The van der Waals surface area contributed by atoms with Crippen molar-refractivity contribution in [1.82, 2.24) is 0 Å². The van der Waals surface area contributed by atoms with Gasteiger partial charge in [-0.1, -0.05) is 12.1 Å². The van der Waals surface area contributed by atoms with Gasteiger partial charge in [-0.2, -0.15) is 0 Å². The molecule has 0 bridgehead atoms. The van der Waals surface area contributed by atoms with E-state index in [0.29, 0.717) is 17.9 Å². The first-order valence-electron chi connectivity index (χ1n) is 6.53. The fourth-order valence-electron chi connectivity index (χ4n) is 2.28. The summed E-state index contributed by atoms with van der Waals surface area (Å²) in [5.41, 5.74) is 3.13. The average molecular weight is 269 g/mol. The van der Waals surface area contributed by atoms with Gasteiger partial charge in [0.25, 0.3) is 5.91 Å². The maximum absolute atomic E-state index is 12.2. The molecule has 1 aliphatic heterocycles. The number of carbonyl (C=O) groups excluding carboxylic acids is 1. The van der Waals surface area contributed by atoms with E-state index in [1.165, 1.54) is 0 Å². The van der Waals surface area contributed by atoms with Crippen LogP contribution in [0, 0.1) is 0 Å². The molecule has 4 heteroatoms. The molecule has 2 aromatic rings. The highest BCUT2D eigenvalue weighted by Crippen LogP contribution is 2.26. The summed E-state index contributed by atoms with van der Waals surface area (Å²) in [6.45, 7) is 0.638. The largest absolute Gasteiger partial charge is 0.493 e. The Bertz CT molecular complexity index is 652. The van der Waals surface area contributed by atoms with Crippen molar-refractivity contribution < 1.29 is 14.6 Å². The van der Waals surface area contributed by atoms with Crippen molar-refractivity contribution in [2.24, 2.45) is 0 Å². The van der Waals surface area contributed by atoms with Crippen molar-refractivity contribution in [3.63, 3.8) is 0 Å². The van der Waals surface area contributed by atoms with Crippen molar-refractivity contribution in [2.75, 3.05) is 11.9 Å². The number of anilines is 1. The van der Waals surface area contributed by atoms with Crippen LogP contribution in [-0.2, 0) is 13.0 Å². The van der Waals surface area contributed by atoms with Crippen LogP contribution in [0.15, 0.2) is 42.5 Å². The van der Waals surface area contributed by atoms with Gasteiger partial charge in [0.05, 0.1) is 13.2 Å². The van der Waals surface area contributed by atoms with Gasteiger partial charge in [0.2, 0.25) is 0 Å². The summed E-state index contributed by atoms with van der Waals surface area (Å²) in [5.74, 6) is 0.707. The van der Waals surface area contributed by atoms with E-state index >= 15 is 0 Å². The molecule has 0 saturated heterocycles. The van der Waals surface area contributed by atoms with Gasteiger partial charge in [0.15, 0.2) is 0 Å². The molecule has 0 unspecified atom stereocenters. The van der Waals surface area contributed by atoms with E-state index in [2.05, 4.69) is 5.32 Å². The zero-order valence-corrected chi connectivity index (χ0v) is 10.9. The summed E-state index contributed by atoms with van der Waals surface area (Å²) in [5, 5.41) is 11.9. The quantitative estimate of drug-likeness (QED) is 0.899. The zero-order chi connectivity index (χ0) is 13.9. The Morgan fingerprint density at radius 3 is 3.00 bits per heavy atom. The van der Waals surface area contributed by atoms with Gasteiger partial charge < -0.3 is 15.2 Å². The zero-order valence-electron chi connectivity index (χ0n) is 10.9. The second-order valence-electron chi connectivity index (χ2n) is 4.73. The van der Waals surface area contributed by atoms with E-state index in [1.54, 1.807) is 24.3 Å². The van der Waals surface area contributed by atoms with Crippen molar-refractivity contribution in [2.45, 2.75) is 13.0 Å². The third-order valence-electron chi connectivity index (χ3n) is 3.32. The number of aliphatic hydroxyl groups excluding tert-OH is 1. The monoisotopic (exact) mass is 269 g/mol. The third kappa shape index (κ3) is 2.51. The molecule has 3 rings (SSSR count). The number of benzene rings is 2. The molecule has 1 amide bonds. The summed E-state index contributed by atoms with van der Waals surface area (Å²) in [7, 11) is 0. The van der Waals surface area contributed by atoms with Gasteiger partial charge in [0.1, 0.15) is 5.75 Å². The minimum atomic E-state index is -0.158. The van der Waals surface area contributed by atoms with Crippen LogP contribution in [0.4, 0.5) is 5.69 Å². The molecule has 0 saturated carbocycles. The van der Waals surface area contributed by atoms with Gasteiger partial charge >= 0.3 is 0 Å². The minimum absolute atomic E-state index is 0.0418. The SMILES string of the molecule is O=C(Nc1cccc(CO)c1)c1ccc2c(c1)CCO2. The molecular formula is C16H15NO3. The Labute approximate surface area is 117 Å². The molecular weight excluding hydrogens is 254 g/mol. The molecule has 102 valence electrons. The lowest BCUT2D eigenvalue weighted by Crippen LogP contribution is -2.12. The van der Waals surface area contributed by atoms with Gasteiger partial charge in [0, 0.05) is 17.7 Å². The van der Waals surface area contributed by atoms with E-state index in [4.69, 9.17) is 9.84 Å². The van der Waals surface area contributed by atoms with E-state index < -0.39 is 0 Å². The Hall–Kier alpha value is -2.33. The molecule has 0 radical (unpaired) electrons. The number of hydrogen-bond donors (Lipinski definition) is 2. The lowest BCUT2D eigenvalue weighted by molar-refractivity contribution is 0.102. The molecule has 20 heavy (non-hydrogen) atoms. The molecule has 1 aliphatic rings. The van der Waals surface area contributed by atoms with Crippen LogP contribution in [0.3, 0.4) is 0 Å². The number of ether oxygens (including phenoxy) is 1. The van der Waals surface area contributed by atoms with Crippen LogP contribution in [0.2, 0.25) is 0 Å². The summed E-state index contributed by atoms with van der Waals surface area (Å²) >= 11 is 0. The van der Waals surface area contributed by atoms with Crippen LogP contribution in [-0.4, -0.2) is 17.6 Å². The molecule has 1 heterocycles. The standard InChI is InChI=1S/C16H15NO3/c18-10-11-2-1-3-14(8-11)17-16(19)13-4-5-15-12(9-13)6-7-20-15/h1-5,8-9,18H,6-7,10H2,(H,17,19). The highest BCUT2D eigenvalue weighted by molar-refractivity contribution is 6.04. The Morgan fingerprint density at radius 2 is 2.15 bits per heavy atom. The molecule has 0 fully saturated rings. The van der Waals surface area contributed by atoms with Crippen LogP contribution in [0.1, 0.15) is 21.5 Å². The molecule has 0 atom stereocenters. The number of hydrogen-bond acceptors (Lipinski definition) is 3. The summed E-state index contributed by atoms with van der Waals surface area (Å²) < 4.78 is 5.42. The number of aliphatic hydroxyl groups is 1. The van der Waals surface area contributed by atoms with Crippen LogP contribution < -0.4 is 10.1 Å². The first-order valence-corrected chi connectivity index (χ1v) is 6.53. The van der Waals surface area contributed by atoms with Crippen LogP contribution in [0.25, 0.3) is 0 Å². The second kappa shape index (κ2) is 5.35. The number of amides is 1.